The summed E-state index contributed by atoms with van der Waals surface area (Å²) >= 11 is 0. The molecular formula is C16H22N2O3. The normalized spacial score (nSPS) is 20.9. The Bertz CT molecular complexity index is 502. The average molecular weight is 290 g/mol. The number of carbonyl (C=O) groups is 1. The average Bonchev–Trinajstić information content (AvgIpc) is 2.95. The molecule has 0 aliphatic carbocycles. The van der Waals surface area contributed by atoms with E-state index in [2.05, 4.69) is 0 Å². The zero-order valence-electron chi connectivity index (χ0n) is 12.2. The Labute approximate surface area is 125 Å². The van der Waals surface area contributed by atoms with Crippen molar-refractivity contribution in [1.82, 2.24) is 4.90 Å². The van der Waals surface area contributed by atoms with Gasteiger partial charge in [0.1, 0.15) is 0 Å². The van der Waals surface area contributed by atoms with Crippen molar-refractivity contribution < 1.29 is 14.3 Å². The van der Waals surface area contributed by atoms with Crippen LogP contribution in [0, 0.1) is 0 Å². The molecule has 5 heteroatoms. The molecule has 0 radical (unpaired) electrons. The van der Waals surface area contributed by atoms with E-state index in [-0.39, 0.29) is 5.91 Å². The fourth-order valence-corrected chi connectivity index (χ4v) is 3.04. The predicted octanol–water partition coefficient (Wildman–Crippen LogP) is 1.57. The Morgan fingerprint density at radius 2 is 1.86 bits per heavy atom. The van der Waals surface area contributed by atoms with Gasteiger partial charge in [-0.1, -0.05) is 18.2 Å². The van der Waals surface area contributed by atoms with Gasteiger partial charge in [-0.3, -0.25) is 4.79 Å². The van der Waals surface area contributed by atoms with Crippen LogP contribution in [0.15, 0.2) is 24.3 Å². The van der Waals surface area contributed by atoms with E-state index in [0.29, 0.717) is 39.1 Å². The summed E-state index contributed by atoms with van der Waals surface area (Å²) in [5, 5.41) is 0. The lowest BCUT2D eigenvalue weighted by Crippen LogP contribution is -2.47. The van der Waals surface area contributed by atoms with Gasteiger partial charge in [0.05, 0.1) is 13.2 Å². The molecule has 5 nitrogen and oxygen atoms in total. The molecule has 2 fully saturated rings. The molecule has 1 amide bonds. The quantitative estimate of drug-likeness (QED) is 0.858. The minimum atomic E-state index is -0.416. The highest BCUT2D eigenvalue weighted by Crippen LogP contribution is 2.31. The second kappa shape index (κ2) is 6.03. The number of rotatable bonds is 3. The number of ether oxygens (including phenoxy) is 2. The Kier molecular flexibility index (Phi) is 4.12. The summed E-state index contributed by atoms with van der Waals surface area (Å²) in [6.07, 6.45) is 2.74. The summed E-state index contributed by atoms with van der Waals surface area (Å²) in [6, 6.07) is 7.72. The number of piperidine rings is 1. The zero-order chi connectivity index (χ0) is 14.7. The molecule has 1 spiro atoms. The monoisotopic (exact) mass is 290 g/mol. The first-order valence-corrected chi connectivity index (χ1v) is 7.58. The maximum Gasteiger partial charge on any atom is 0.222 e. The van der Waals surface area contributed by atoms with Crippen LogP contribution in [0.5, 0.6) is 0 Å². The fraction of sp³-hybridized carbons (Fsp3) is 0.562. The van der Waals surface area contributed by atoms with Crippen LogP contribution in [0.25, 0.3) is 0 Å². The Morgan fingerprint density at radius 1 is 1.19 bits per heavy atom. The van der Waals surface area contributed by atoms with Gasteiger partial charge < -0.3 is 20.1 Å². The number of nitrogen functional groups attached to an aromatic ring is 1. The Hall–Kier alpha value is -1.59. The lowest BCUT2D eigenvalue weighted by atomic mass is 10.0. The van der Waals surface area contributed by atoms with Gasteiger partial charge in [0.2, 0.25) is 5.91 Å². The smallest absolute Gasteiger partial charge is 0.222 e. The number of benzene rings is 1. The predicted molar refractivity (Wildman–Crippen MR) is 79.6 cm³/mol. The largest absolute Gasteiger partial charge is 0.399 e. The third-order valence-corrected chi connectivity index (χ3v) is 4.35. The summed E-state index contributed by atoms with van der Waals surface area (Å²) in [5.41, 5.74) is 7.71. The molecule has 21 heavy (non-hydrogen) atoms. The van der Waals surface area contributed by atoms with E-state index < -0.39 is 5.79 Å². The summed E-state index contributed by atoms with van der Waals surface area (Å²) in [6.45, 7) is 2.76. The van der Waals surface area contributed by atoms with Crippen molar-refractivity contribution in [3.05, 3.63) is 29.8 Å². The number of carbonyl (C=O) groups excluding carboxylic acids is 1. The van der Waals surface area contributed by atoms with Gasteiger partial charge in [-0.15, -0.1) is 0 Å². The van der Waals surface area contributed by atoms with Gasteiger partial charge in [-0.05, 0) is 18.1 Å². The van der Waals surface area contributed by atoms with Gasteiger partial charge in [0.15, 0.2) is 5.79 Å². The lowest BCUT2D eigenvalue weighted by molar-refractivity contribution is -0.187. The van der Waals surface area contributed by atoms with Crippen molar-refractivity contribution in [3.63, 3.8) is 0 Å². The van der Waals surface area contributed by atoms with Crippen LogP contribution in [0.4, 0.5) is 5.69 Å². The second-order valence-electron chi connectivity index (χ2n) is 5.69. The van der Waals surface area contributed by atoms with Crippen molar-refractivity contribution in [1.29, 1.82) is 0 Å². The fourth-order valence-electron chi connectivity index (χ4n) is 3.04. The van der Waals surface area contributed by atoms with Crippen molar-refractivity contribution in [3.8, 4) is 0 Å². The molecule has 0 bridgehead atoms. The first kappa shape index (κ1) is 14.4. The van der Waals surface area contributed by atoms with Gasteiger partial charge in [0, 0.05) is 38.0 Å². The molecule has 0 atom stereocenters. The van der Waals surface area contributed by atoms with E-state index in [9.17, 15) is 4.79 Å². The lowest BCUT2D eigenvalue weighted by Gasteiger charge is -2.37. The van der Waals surface area contributed by atoms with Crippen LogP contribution in [0.2, 0.25) is 0 Å². The van der Waals surface area contributed by atoms with E-state index in [1.54, 1.807) is 0 Å². The number of hydrogen-bond donors (Lipinski definition) is 1. The molecule has 2 saturated heterocycles. The van der Waals surface area contributed by atoms with Gasteiger partial charge in [-0.25, -0.2) is 0 Å². The number of nitrogens with zero attached hydrogens (tertiary/aromatic N) is 1. The first-order valence-electron chi connectivity index (χ1n) is 7.58. The number of hydrogen-bond acceptors (Lipinski definition) is 4. The van der Waals surface area contributed by atoms with Crippen LogP contribution >= 0.6 is 0 Å². The van der Waals surface area contributed by atoms with Gasteiger partial charge >= 0.3 is 0 Å². The van der Waals surface area contributed by atoms with E-state index in [1.807, 2.05) is 29.2 Å². The molecule has 1 aromatic carbocycles. The SMILES string of the molecule is Nc1ccccc1CCC(=O)N1CCC2(CC1)OCCO2. The van der Waals surface area contributed by atoms with Crippen molar-refractivity contribution in [2.24, 2.45) is 0 Å². The first-order chi connectivity index (χ1) is 10.2. The maximum absolute atomic E-state index is 12.3. The van der Waals surface area contributed by atoms with Crippen LogP contribution in [0.3, 0.4) is 0 Å². The van der Waals surface area contributed by atoms with E-state index in [1.165, 1.54) is 0 Å². The topological polar surface area (TPSA) is 64.8 Å². The van der Waals surface area contributed by atoms with E-state index in [0.717, 1.165) is 24.1 Å². The molecule has 2 heterocycles. The van der Waals surface area contributed by atoms with Crippen LogP contribution in [-0.4, -0.2) is 42.9 Å². The minimum Gasteiger partial charge on any atom is -0.399 e. The number of aryl methyl sites for hydroxylation is 1. The molecule has 1 aromatic rings. The summed E-state index contributed by atoms with van der Waals surface area (Å²) < 4.78 is 11.4. The standard InChI is InChI=1S/C16H22N2O3/c17-14-4-2-1-3-13(14)5-6-15(19)18-9-7-16(8-10-18)20-11-12-21-16/h1-4H,5-12,17H2. The van der Waals surface area contributed by atoms with Gasteiger partial charge in [-0.2, -0.15) is 0 Å². The molecule has 2 aliphatic heterocycles. The second-order valence-corrected chi connectivity index (χ2v) is 5.69. The highest BCUT2D eigenvalue weighted by Gasteiger charge is 2.40. The van der Waals surface area contributed by atoms with E-state index >= 15 is 0 Å². The molecule has 2 N–H and O–H groups in total. The number of amides is 1. The highest BCUT2D eigenvalue weighted by atomic mass is 16.7. The summed E-state index contributed by atoms with van der Waals surface area (Å²) in [4.78, 5) is 14.2. The van der Waals surface area contributed by atoms with Crippen LogP contribution < -0.4 is 5.73 Å². The maximum atomic E-state index is 12.3. The van der Waals surface area contributed by atoms with Crippen molar-refractivity contribution in [2.45, 2.75) is 31.5 Å². The third-order valence-electron chi connectivity index (χ3n) is 4.35. The molecule has 3 rings (SSSR count). The number of para-hydroxylation sites is 1. The highest BCUT2D eigenvalue weighted by molar-refractivity contribution is 5.76. The zero-order valence-corrected chi connectivity index (χ0v) is 12.2. The van der Waals surface area contributed by atoms with Crippen LogP contribution in [0.1, 0.15) is 24.8 Å². The van der Waals surface area contributed by atoms with E-state index in [4.69, 9.17) is 15.2 Å². The number of anilines is 1. The molecule has 114 valence electrons. The molecule has 2 aliphatic rings. The molecule has 0 aromatic heterocycles. The summed E-state index contributed by atoms with van der Waals surface area (Å²) in [5.74, 6) is -0.230. The molecule has 0 saturated carbocycles. The summed E-state index contributed by atoms with van der Waals surface area (Å²) in [7, 11) is 0. The minimum absolute atomic E-state index is 0.186. The third kappa shape index (κ3) is 3.19. The Morgan fingerprint density at radius 3 is 2.52 bits per heavy atom. The molecular weight excluding hydrogens is 268 g/mol. The van der Waals surface area contributed by atoms with Crippen molar-refractivity contribution >= 4 is 11.6 Å². The van der Waals surface area contributed by atoms with Gasteiger partial charge in [0.25, 0.3) is 0 Å². The van der Waals surface area contributed by atoms with Crippen molar-refractivity contribution in [2.75, 3.05) is 32.0 Å². The number of nitrogens with two attached hydrogens (primary N) is 1. The Balaban J connectivity index is 1.49. The van der Waals surface area contributed by atoms with Crippen LogP contribution in [-0.2, 0) is 20.7 Å². The molecule has 0 unspecified atom stereocenters. The number of likely N-dealkylation sites (tertiary alicyclic amines) is 1.